The molecule has 1 aromatic carbocycles. The molecular weight excluding hydrogens is 198 g/mol. The van der Waals surface area contributed by atoms with E-state index < -0.39 is 5.92 Å². The molecule has 0 amide bonds. The maximum absolute atomic E-state index is 12.9. The Morgan fingerprint density at radius 2 is 1.73 bits per heavy atom. The van der Waals surface area contributed by atoms with Crippen LogP contribution in [0.2, 0.25) is 0 Å². The minimum absolute atomic E-state index is 0.0635. The summed E-state index contributed by atoms with van der Waals surface area (Å²) in [5.74, 6) is -2.18. The fraction of sp³-hybridized carbons (Fsp3) is 0.500. The molecule has 0 aliphatic heterocycles. The van der Waals surface area contributed by atoms with Crippen molar-refractivity contribution in [3.63, 3.8) is 0 Å². The summed E-state index contributed by atoms with van der Waals surface area (Å²) < 4.78 is 25.9. The van der Waals surface area contributed by atoms with Crippen molar-refractivity contribution in [1.82, 2.24) is 0 Å². The number of rotatable bonds is 1. The van der Waals surface area contributed by atoms with Gasteiger partial charge in [-0.25, -0.2) is 8.78 Å². The molecule has 0 bridgehead atoms. The second kappa shape index (κ2) is 3.80. The molecule has 1 aromatic rings. The highest BCUT2D eigenvalue weighted by Gasteiger charge is 2.35. The maximum Gasteiger partial charge on any atom is 0.248 e. The van der Waals surface area contributed by atoms with E-state index in [4.69, 9.17) is 0 Å². The van der Waals surface area contributed by atoms with Gasteiger partial charge in [-0.15, -0.1) is 0 Å². The number of phenolic OH excluding ortho intramolecular Hbond substituents is 1. The molecule has 0 aromatic heterocycles. The standard InChI is InChI=1S/C12H14F2O/c13-12(14)7-5-9(6-8-12)10-3-1-2-4-11(10)15/h1-4,9,15H,5-8H2. The molecule has 82 valence electrons. The lowest BCUT2D eigenvalue weighted by molar-refractivity contribution is -0.0383. The van der Waals surface area contributed by atoms with Gasteiger partial charge in [0.15, 0.2) is 0 Å². The first-order valence-corrected chi connectivity index (χ1v) is 5.24. The van der Waals surface area contributed by atoms with E-state index in [0.29, 0.717) is 12.8 Å². The van der Waals surface area contributed by atoms with Gasteiger partial charge in [0.1, 0.15) is 5.75 Å². The Balaban J connectivity index is 2.11. The summed E-state index contributed by atoms with van der Waals surface area (Å²) >= 11 is 0. The van der Waals surface area contributed by atoms with Gasteiger partial charge >= 0.3 is 0 Å². The number of phenols is 1. The Morgan fingerprint density at radius 3 is 2.33 bits per heavy atom. The van der Waals surface area contributed by atoms with Crippen LogP contribution in [0.1, 0.15) is 37.2 Å². The summed E-state index contributed by atoms with van der Waals surface area (Å²) in [7, 11) is 0. The van der Waals surface area contributed by atoms with Crippen molar-refractivity contribution in [1.29, 1.82) is 0 Å². The number of benzene rings is 1. The van der Waals surface area contributed by atoms with E-state index in [1.54, 1.807) is 12.1 Å². The second-order valence-corrected chi connectivity index (χ2v) is 4.19. The second-order valence-electron chi connectivity index (χ2n) is 4.19. The Kier molecular flexibility index (Phi) is 2.63. The van der Waals surface area contributed by atoms with Crippen LogP contribution >= 0.6 is 0 Å². The van der Waals surface area contributed by atoms with Crippen molar-refractivity contribution in [3.8, 4) is 5.75 Å². The Labute approximate surface area is 87.7 Å². The van der Waals surface area contributed by atoms with Crippen LogP contribution in [0, 0.1) is 0 Å². The molecule has 0 atom stereocenters. The lowest BCUT2D eigenvalue weighted by Gasteiger charge is -2.28. The van der Waals surface area contributed by atoms with Gasteiger partial charge in [-0.05, 0) is 30.4 Å². The van der Waals surface area contributed by atoms with Crippen molar-refractivity contribution < 1.29 is 13.9 Å². The molecule has 1 fully saturated rings. The van der Waals surface area contributed by atoms with Crippen LogP contribution in [0.5, 0.6) is 5.75 Å². The molecule has 1 saturated carbocycles. The van der Waals surface area contributed by atoms with Crippen LogP contribution in [0.3, 0.4) is 0 Å². The van der Waals surface area contributed by atoms with E-state index in [0.717, 1.165) is 5.56 Å². The Hall–Kier alpha value is -1.12. The molecule has 0 radical (unpaired) electrons. The predicted octanol–water partition coefficient (Wildman–Crippen LogP) is 3.69. The molecule has 3 heteroatoms. The maximum atomic E-state index is 12.9. The number of aromatic hydroxyl groups is 1. The van der Waals surface area contributed by atoms with Gasteiger partial charge in [0, 0.05) is 12.8 Å². The average Bonchev–Trinajstić information content (AvgIpc) is 2.19. The molecule has 1 N–H and O–H groups in total. The molecular formula is C12H14F2O. The topological polar surface area (TPSA) is 20.2 Å². The minimum atomic E-state index is -2.50. The molecule has 1 aliphatic rings. The molecule has 0 heterocycles. The van der Waals surface area contributed by atoms with E-state index in [1.165, 1.54) is 0 Å². The highest BCUT2D eigenvalue weighted by atomic mass is 19.3. The first-order chi connectivity index (χ1) is 7.08. The molecule has 0 unspecified atom stereocenters. The molecule has 15 heavy (non-hydrogen) atoms. The Morgan fingerprint density at radius 1 is 1.13 bits per heavy atom. The largest absolute Gasteiger partial charge is 0.508 e. The first-order valence-electron chi connectivity index (χ1n) is 5.24. The van der Waals surface area contributed by atoms with Crippen LogP contribution in [-0.2, 0) is 0 Å². The van der Waals surface area contributed by atoms with Gasteiger partial charge in [0.2, 0.25) is 5.92 Å². The zero-order valence-electron chi connectivity index (χ0n) is 8.42. The smallest absolute Gasteiger partial charge is 0.248 e. The zero-order chi connectivity index (χ0) is 10.9. The van der Waals surface area contributed by atoms with Crippen molar-refractivity contribution in [2.75, 3.05) is 0 Å². The third-order valence-corrected chi connectivity index (χ3v) is 3.09. The summed E-state index contributed by atoms with van der Waals surface area (Å²) in [5, 5.41) is 9.61. The van der Waals surface area contributed by atoms with Gasteiger partial charge in [-0.2, -0.15) is 0 Å². The predicted molar refractivity (Wildman–Crippen MR) is 54.3 cm³/mol. The van der Waals surface area contributed by atoms with E-state index in [9.17, 15) is 13.9 Å². The van der Waals surface area contributed by atoms with Crippen LogP contribution < -0.4 is 0 Å². The van der Waals surface area contributed by atoms with Crippen molar-refractivity contribution in [2.24, 2.45) is 0 Å². The highest BCUT2D eigenvalue weighted by Crippen LogP contribution is 2.42. The van der Waals surface area contributed by atoms with Crippen molar-refractivity contribution >= 4 is 0 Å². The summed E-state index contributed by atoms with van der Waals surface area (Å²) in [6, 6.07) is 7.02. The molecule has 0 spiro atoms. The lowest BCUT2D eigenvalue weighted by atomic mass is 9.82. The van der Waals surface area contributed by atoms with Crippen molar-refractivity contribution in [3.05, 3.63) is 29.8 Å². The molecule has 2 rings (SSSR count). The SMILES string of the molecule is Oc1ccccc1C1CCC(F)(F)CC1. The summed E-state index contributed by atoms with van der Waals surface area (Å²) in [6.07, 6.45) is 0.799. The van der Waals surface area contributed by atoms with Gasteiger partial charge in [-0.1, -0.05) is 18.2 Å². The van der Waals surface area contributed by atoms with Crippen LogP contribution in [0.15, 0.2) is 24.3 Å². The van der Waals surface area contributed by atoms with Gasteiger partial charge in [-0.3, -0.25) is 0 Å². The third-order valence-electron chi connectivity index (χ3n) is 3.09. The quantitative estimate of drug-likeness (QED) is 0.752. The first kappa shape index (κ1) is 10.4. The van der Waals surface area contributed by atoms with Crippen molar-refractivity contribution in [2.45, 2.75) is 37.5 Å². The fourth-order valence-corrected chi connectivity index (χ4v) is 2.18. The monoisotopic (exact) mass is 212 g/mol. The van der Waals surface area contributed by atoms with Gasteiger partial charge in [0.05, 0.1) is 0 Å². The van der Waals surface area contributed by atoms with Crippen LogP contribution in [0.25, 0.3) is 0 Å². The fourth-order valence-electron chi connectivity index (χ4n) is 2.18. The lowest BCUT2D eigenvalue weighted by Crippen LogP contribution is -2.23. The molecule has 0 saturated heterocycles. The van der Waals surface area contributed by atoms with Crippen LogP contribution in [0.4, 0.5) is 8.78 Å². The molecule has 1 aliphatic carbocycles. The number of halogens is 2. The Bertz CT molecular complexity index is 339. The van der Waals surface area contributed by atoms with Gasteiger partial charge in [0.25, 0.3) is 0 Å². The summed E-state index contributed by atoms with van der Waals surface area (Å²) in [5.41, 5.74) is 0.813. The van der Waals surface area contributed by atoms with Gasteiger partial charge < -0.3 is 5.11 Å². The number of hydrogen-bond donors (Lipinski definition) is 1. The molecule has 1 nitrogen and oxygen atoms in total. The number of para-hydroxylation sites is 1. The highest BCUT2D eigenvalue weighted by molar-refractivity contribution is 5.35. The minimum Gasteiger partial charge on any atom is -0.508 e. The third kappa shape index (κ3) is 2.28. The number of hydrogen-bond acceptors (Lipinski definition) is 1. The van der Waals surface area contributed by atoms with Crippen LogP contribution in [-0.4, -0.2) is 11.0 Å². The summed E-state index contributed by atoms with van der Waals surface area (Å²) in [4.78, 5) is 0. The van der Waals surface area contributed by atoms with E-state index in [1.807, 2.05) is 12.1 Å². The zero-order valence-corrected chi connectivity index (χ0v) is 8.42. The van der Waals surface area contributed by atoms with E-state index in [-0.39, 0.29) is 24.5 Å². The normalized spacial score (nSPS) is 21.5. The number of alkyl halides is 2. The van der Waals surface area contributed by atoms with E-state index in [2.05, 4.69) is 0 Å². The van der Waals surface area contributed by atoms with E-state index >= 15 is 0 Å². The summed E-state index contributed by atoms with van der Waals surface area (Å²) in [6.45, 7) is 0. The average molecular weight is 212 g/mol.